The lowest BCUT2D eigenvalue weighted by molar-refractivity contribution is 0.308. The number of thiophene rings is 1. The summed E-state index contributed by atoms with van der Waals surface area (Å²) < 4.78 is 5.75. The van der Waals surface area contributed by atoms with Gasteiger partial charge in [-0.05, 0) is 24.8 Å². The van der Waals surface area contributed by atoms with E-state index >= 15 is 0 Å². The highest BCUT2D eigenvalue weighted by Crippen LogP contribution is 2.16. The van der Waals surface area contributed by atoms with E-state index in [1.54, 1.807) is 17.5 Å². The quantitative estimate of drug-likeness (QED) is 0.843. The number of hydrogen-bond acceptors (Lipinski definition) is 5. The number of nitrogens with zero attached hydrogens (tertiary/aromatic N) is 2. The maximum atomic E-state index is 5.75. The second-order valence-electron chi connectivity index (χ2n) is 4.29. The van der Waals surface area contributed by atoms with Gasteiger partial charge in [-0.1, -0.05) is 13.0 Å². The van der Waals surface area contributed by atoms with Gasteiger partial charge in [0.05, 0.1) is 6.61 Å². The Morgan fingerprint density at radius 2 is 2.32 bits per heavy atom. The van der Waals surface area contributed by atoms with Gasteiger partial charge in [-0.2, -0.15) is 4.98 Å². The van der Waals surface area contributed by atoms with E-state index in [-0.39, 0.29) is 0 Å². The Bertz CT molecular complexity index is 499. The van der Waals surface area contributed by atoms with Gasteiger partial charge in [0, 0.05) is 29.6 Å². The maximum absolute atomic E-state index is 5.75. The molecular formula is C14H19N3OS. The average Bonchev–Trinajstić information content (AvgIpc) is 2.92. The van der Waals surface area contributed by atoms with Gasteiger partial charge in [0.15, 0.2) is 0 Å². The summed E-state index contributed by atoms with van der Waals surface area (Å²) in [6.07, 6.45) is 3.76. The molecule has 0 aliphatic heterocycles. The lowest BCUT2D eigenvalue weighted by Crippen LogP contribution is -2.08. The van der Waals surface area contributed by atoms with Crippen LogP contribution in [0.4, 0.5) is 5.95 Å². The summed E-state index contributed by atoms with van der Waals surface area (Å²) in [6, 6.07) is 4.18. The summed E-state index contributed by atoms with van der Waals surface area (Å²) >= 11 is 1.75. The van der Waals surface area contributed by atoms with E-state index in [9.17, 15) is 0 Å². The summed E-state index contributed by atoms with van der Waals surface area (Å²) in [4.78, 5) is 9.95. The first kappa shape index (κ1) is 13.8. The molecule has 2 aromatic heterocycles. The van der Waals surface area contributed by atoms with Gasteiger partial charge in [0.25, 0.3) is 0 Å². The van der Waals surface area contributed by atoms with Crippen molar-refractivity contribution >= 4 is 17.3 Å². The van der Waals surface area contributed by atoms with Crippen molar-refractivity contribution in [2.24, 2.45) is 0 Å². The van der Waals surface area contributed by atoms with Crippen LogP contribution in [0.2, 0.25) is 0 Å². The molecule has 4 nitrogen and oxygen atoms in total. The van der Waals surface area contributed by atoms with Gasteiger partial charge in [0.1, 0.15) is 0 Å². The van der Waals surface area contributed by atoms with Crippen LogP contribution in [-0.4, -0.2) is 23.1 Å². The lowest BCUT2D eigenvalue weighted by Gasteiger charge is -2.09. The first-order valence-corrected chi connectivity index (χ1v) is 7.40. The van der Waals surface area contributed by atoms with Crippen LogP contribution in [0.25, 0.3) is 0 Å². The minimum Gasteiger partial charge on any atom is -0.477 e. The first-order valence-electron chi connectivity index (χ1n) is 6.52. The van der Waals surface area contributed by atoms with Crippen molar-refractivity contribution in [1.82, 2.24) is 9.97 Å². The van der Waals surface area contributed by atoms with E-state index in [0.29, 0.717) is 18.4 Å². The van der Waals surface area contributed by atoms with Gasteiger partial charge in [-0.15, -0.1) is 11.3 Å². The van der Waals surface area contributed by atoms with Crippen molar-refractivity contribution in [2.75, 3.05) is 18.5 Å². The molecule has 0 atom stereocenters. The van der Waals surface area contributed by atoms with Gasteiger partial charge in [-0.3, -0.25) is 0 Å². The Labute approximate surface area is 117 Å². The van der Waals surface area contributed by atoms with Crippen LogP contribution >= 0.6 is 11.3 Å². The predicted octanol–water partition coefficient (Wildman–Crippen LogP) is 3.29. The normalized spacial score (nSPS) is 10.4. The van der Waals surface area contributed by atoms with Crippen LogP contribution in [-0.2, 0) is 6.42 Å². The van der Waals surface area contributed by atoms with Crippen molar-refractivity contribution in [3.63, 3.8) is 0 Å². The molecule has 2 rings (SSSR count). The van der Waals surface area contributed by atoms with Gasteiger partial charge < -0.3 is 10.1 Å². The third-order valence-electron chi connectivity index (χ3n) is 2.63. The highest BCUT2D eigenvalue weighted by molar-refractivity contribution is 7.09. The van der Waals surface area contributed by atoms with Gasteiger partial charge >= 0.3 is 0 Å². The molecule has 1 N–H and O–H groups in total. The molecule has 19 heavy (non-hydrogen) atoms. The van der Waals surface area contributed by atoms with Gasteiger partial charge in [0.2, 0.25) is 11.8 Å². The van der Waals surface area contributed by atoms with Crippen LogP contribution in [0.5, 0.6) is 5.88 Å². The minimum absolute atomic E-state index is 0.638. The van der Waals surface area contributed by atoms with Crippen LogP contribution in [0.15, 0.2) is 23.7 Å². The number of rotatable bonds is 7. The number of aromatic nitrogens is 2. The molecule has 0 saturated heterocycles. The molecule has 2 aromatic rings. The van der Waals surface area contributed by atoms with E-state index in [1.807, 2.05) is 6.92 Å². The topological polar surface area (TPSA) is 47.0 Å². The van der Waals surface area contributed by atoms with E-state index in [2.05, 4.69) is 39.7 Å². The van der Waals surface area contributed by atoms with Crippen molar-refractivity contribution in [3.8, 4) is 5.88 Å². The van der Waals surface area contributed by atoms with Crippen molar-refractivity contribution in [3.05, 3.63) is 34.2 Å². The van der Waals surface area contributed by atoms with Gasteiger partial charge in [-0.25, -0.2) is 4.98 Å². The number of anilines is 1. The summed E-state index contributed by atoms with van der Waals surface area (Å²) in [5.74, 6) is 1.31. The minimum atomic E-state index is 0.638. The number of aryl methyl sites for hydroxylation is 1. The standard InChI is InChI=1S/C14H19N3OS/c1-3-7-15-14-16-10-11(2)13(17-14)18-8-6-12-5-4-9-19-12/h4-5,9-10H,3,6-8H2,1-2H3,(H,15,16,17). The number of hydrogen-bond donors (Lipinski definition) is 1. The Kier molecular flexibility index (Phi) is 5.15. The van der Waals surface area contributed by atoms with E-state index in [4.69, 9.17) is 4.74 Å². The fourth-order valence-corrected chi connectivity index (χ4v) is 2.29. The monoisotopic (exact) mass is 277 g/mol. The van der Waals surface area contributed by atoms with E-state index in [0.717, 1.165) is 24.9 Å². The Morgan fingerprint density at radius 3 is 3.05 bits per heavy atom. The molecule has 0 bridgehead atoms. The smallest absolute Gasteiger partial charge is 0.225 e. The van der Waals surface area contributed by atoms with E-state index < -0.39 is 0 Å². The Morgan fingerprint density at radius 1 is 1.42 bits per heavy atom. The highest BCUT2D eigenvalue weighted by Gasteiger charge is 2.05. The maximum Gasteiger partial charge on any atom is 0.225 e. The number of ether oxygens (including phenoxy) is 1. The largest absolute Gasteiger partial charge is 0.477 e. The van der Waals surface area contributed by atoms with Crippen molar-refractivity contribution in [1.29, 1.82) is 0 Å². The predicted molar refractivity (Wildman–Crippen MR) is 79.1 cm³/mol. The Balaban J connectivity index is 1.90. The van der Waals surface area contributed by atoms with Crippen molar-refractivity contribution < 1.29 is 4.74 Å². The zero-order valence-electron chi connectivity index (χ0n) is 11.3. The van der Waals surface area contributed by atoms with Crippen LogP contribution in [0.3, 0.4) is 0 Å². The Hall–Kier alpha value is -1.62. The second-order valence-corrected chi connectivity index (χ2v) is 5.32. The molecule has 0 spiro atoms. The number of nitrogens with one attached hydrogen (secondary N) is 1. The molecule has 0 amide bonds. The molecule has 0 fully saturated rings. The first-order chi connectivity index (χ1) is 9.29. The van der Waals surface area contributed by atoms with Crippen LogP contribution in [0.1, 0.15) is 23.8 Å². The molecule has 0 aliphatic rings. The summed E-state index contributed by atoms with van der Waals surface area (Å²) in [7, 11) is 0. The fourth-order valence-electron chi connectivity index (χ4n) is 1.60. The molecule has 0 saturated carbocycles. The average molecular weight is 277 g/mol. The zero-order valence-corrected chi connectivity index (χ0v) is 12.2. The highest BCUT2D eigenvalue weighted by atomic mass is 32.1. The second kappa shape index (κ2) is 7.09. The van der Waals surface area contributed by atoms with Crippen molar-refractivity contribution in [2.45, 2.75) is 26.7 Å². The summed E-state index contributed by atoms with van der Waals surface area (Å²) in [5, 5.41) is 5.25. The SMILES string of the molecule is CCCNc1ncc(C)c(OCCc2cccs2)n1. The summed E-state index contributed by atoms with van der Waals surface area (Å²) in [5.41, 5.74) is 0.966. The molecule has 102 valence electrons. The molecular weight excluding hydrogens is 258 g/mol. The molecule has 0 aliphatic carbocycles. The lowest BCUT2D eigenvalue weighted by atomic mass is 10.3. The zero-order chi connectivity index (χ0) is 13.5. The molecule has 0 unspecified atom stereocenters. The third kappa shape index (κ3) is 4.21. The third-order valence-corrected chi connectivity index (χ3v) is 3.56. The molecule has 0 aromatic carbocycles. The molecule has 2 heterocycles. The van der Waals surface area contributed by atoms with E-state index in [1.165, 1.54) is 4.88 Å². The molecule has 0 radical (unpaired) electrons. The van der Waals surface area contributed by atoms with Crippen LogP contribution in [0, 0.1) is 6.92 Å². The summed E-state index contributed by atoms with van der Waals surface area (Å²) in [6.45, 7) is 5.59. The molecule has 5 heteroatoms. The fraction of sp³-hybridized carbons (Fsp3) is 0.429. The van der Waals surface area contributed by atoms with Crippen LogP contribution < -0.4 is 10.1 Å².